The van der Waals surface area contributed by atoms with Crippen LogP contribution in [0.3, 0.4) is 0 Å². The number of nitrogens with zero attached hydrogens (tertiary/aromatic N) is 1. The quantitative estimate of drug-likeness (QED) is 0.207. The molecule has 3 N–H and O–H groups in total. The fourth-order valence-corrected chi connectivity index (χ4v) is 7.67. The number of alkyl halides is 5. The van der Waals surface area contributed by atoms with Gasteiger partial charge in [0.1, 0.15) is 11.4 Å². The summed E-state index contributed by atoms with van der Waals surface area (Å²) in [6.45, 7) is 0.330. The highest BCUT2D eigenvalue weighted by molar-refractivity contribution is 5.97. The van der Waals surface area contributed by atoms with Crippen LogP contribution in [-0.4, -0.2) is 35.1 Å². The molecule has 0 saturated heterocycles. The highest BCUT2D eigenvalue weighted by Crippen LogP contribution is 2.69. The first kappa shape index (κ1) is 26.7. The van der Waals surface area contributed by atoms with Crippen molar-refractivity contribution in [3.8, 4) is 18.1 Å². The van der Waals surface area contributed by atoms with Crippen LogP contribution in [0.4, 0.5) is 22.0 Å². The zero-order valence-electron chi connectivity index (χ0n) is 21.1. The highest BCUT2D eigenvalue weighted by atomic mass is 19.4. The number of rotatable bonds is 4. The summed E-state index contributed by atoms with van der Waals surface area (Å²) in [6, 6.07) is 6.36. The summed E-state index contributed by atoms with van der Waals surface area (Å²) in [5.74, 6) is 2.97. The Labute approximate surface area is 218 Å². The zero-order chi connectivity index (χ0) is 27.5. The summed E-state index contributed by atoms with van der Waals surface area (Å²) in [5, 5.41) is 15.4. The van der Waals surface area contributed by atoms with Gasteiger partial charge >= 0.3 is 12.1 Å². The Hall–Kier alpha value is -2.86. The average Bonchev–Trinajstić information content (AvgIpc) is 3.18. The molecule has 1 aromatic carbocycles. The second-order valence-corrected chi connectivity index (χ2v) is 11.2. The van der Waals surface area contributed by atoms with Gasteiger partial charge in [-0.2, -0.15) is 27.1 Å². The molecule has 0 spiro atoms. The van der Waals surface area contributed by atoms with E-state index in [0.29, 0.717) is 12.8 Å². The summed E-state index contributed by atoms with van der Waals surface area (Å²) >= 11 is 0. The van der Waals surface area contributed by atoms with Gasteiger partial charge in [0.05, 0.1) is 5.71 Å². The van der Waals surface area contributed by atoms with Crippen LogP contribution in [-0.2, 0) is 0 Å². The molecule has 0 unspecified atom stereocenters. The minimum atomic E-state index is -4.46. The van der Waals surface area contributed by atoms with Crippen LogP contribution in [0.2, 0.25) is 0 Å². The first-order valence-electron chi connectivity index (χ1n) is 12.9. The second kappa shape index (κ2) is 9.11. The Morgan fingerprint density at radius 2 is 1.84 bits per heavy atom. The van der Waals surface area contributed by atoms with E-state index in [1.54, 1.807) is 25.0 Å². The number of allylic oxidation sites excluding steroid dienone is 4. The molecule has 4 aliphatic carbocycles. The summed E-state index contributed by atoms with van der Waals surface area (Å²) in [5.41, 5.74) is 1.60. The Kier molecular flexibility index (Phi) is 6.41. The van der Waals surface area contributed by atoms with Crippen LogP contribution in [0.1, 0.15) is 63.4 Å². The molecule has 0 amide bonds. The molecule has 204 valence electrons. The van der Waals surface area contributed by atoms with Gasteiger partial charge in [-0.15, -0.1) is 6.42 Å². The summed E-state index contributed by atoms with van der Waals surface area (Å²) in [4.78, 5) is 0. The summed E-state index contributed by atoms with van der Waals surface area (Å²) in [7, 11) is 0. The predicted octanol–water partition coefficient (Wildman–Crippen LogP) is 6.27. The maximum Gasteiger partial charge on any atom is 0.422 e. The Balaban J connectivity index is 1.60. The lowest BCUT2D eigenvalue weighted by Gasteiger charge is -2.55. The Morgan fingerprint density at radius 1 is 1.13 bits per heavy atom. The van der Waals surface area contributed by atoms with E-state index < -0.39 is 29.7 Å². The Morgan fingerprint density at radius 3 is 2.47 bits per heavy atom. The van der Waals surface area contributed by atoms with Crippen molar-refractivity contribution in [2.24, 2.45) is 28.2 Å². The molecule has 38 heavy (non-hydrogen) atoms. The number of aliphatic hydroxyl groups is 1. The molecule has 5 rings (SSSR count). The van der Waals surface area contributed by atoms with Gasteiger partial charge in [0.25, 0.3) is 0 Å². The first-order valence-corrected chi connectivity index (χ1v) is 12.9. The molecule has 0 bridgehead atoms. The second-order valence-electron chi connectivity index (χ2n) is 11.2. The van der Waals surface area contributed by atoms with Crippen LogP contribution in [0.5, 0.6) is 5.75 Å². The third-order valence-electron chi connectivity index (χ3n) is 9.45. The SMILES string of the molecule is C#CC(F)(F)[C@]1(O)CC[C@H]2[C@@H]3CCC4=CC(=NN)CCC4=C3[C@@H](c3ccc(OCC(F)(F)F)cc3)C[C@@]21C. The van der Waals surface area contributed by atoms with Crippen molar-refractivity contribution in [3.63, 3.8) is 0 Å². The van der Waals surface area contributed by atoms with Crippen molar-refractivity contribution in [2.45, 2.75) is 75.5 Å². The van der Waals surface area contributed by atoms with E-state index in [-0.39, 0.29) is 36.3 Å². The highest BCUT2D eigenvalue weighted by Gasteiger charge is 2.71. The molecule has 2 fully saturated rings. The molecule has 5 atom stereocenters. The number of nitrogens with two attached hydrogens (primary N) is 1. The van der Waals surface area contributed by atoms with Gasteiger partial charge in [-0.25, -0.2) is 0 Å². The lowest BCUT2D eigenvalue weighted by molar-refractivity contribution is -0.209. The molecule has 0 heterocycles. The van der Waals surface area contributed by atoms with Gasteiger partial charge in [0.15, 0.2) is 6.61 Å². The number of halogens is 5. The standard InChI is InChI=1S/C29H31F5N2O2/c1-3-28(30,31)27(37)13-12-24-22-10-6-18-14-19(36-35)7-11-21(18)25(22)23(15-26(24,27)2)17-4-8-20(9-5-17)38-16-29(32,33)34/h1,4-5,8-9,14,22-24,37H,6-7,10-13,15-16,35H2,2H3/t22-,23+,24-,26-,27-/m0/s1. The van der Waals surface area contributed by atoms with Gasteiger partial charge in [-0.05, 0) is 97.6 Å². The lowest BCUT2D eigenvalue weighted by atomic mass is 9.50. The van der Waals surface area contributed by atoms with E-state index in [2.05, 4.69) is 5.10 Å². The fraction of sp³-hybridized carbons (Fsp3) is 0.552. The molecule has 2 saturated carbocycles. The maximum atomic E-state index is 15.2. The molecule has 4 nitrogen and oxygen atoms in total. The third kappa shape index (κ3) is 4.12. The van der Waals surface area contributed by atoms with E-state index in [4.69, 9.17) is 17.0 Å². The number of hydrazone groups is 1. The maximum absolute atomic E-state index is 15.2. The largest absolute Gasteiger partial charge is 0.484 e. The zero-order valence-corrected chi connectivity index (χ0v) is 21.1. The molecular weight excluding hydrogens is 503 g/mol. The minimum absolute atomic E-state index is 0.0222. The molecule has 9 heteroatoms. The van der Waals surface area contributed by atoms with Crippen LogP contribution < -0.4 is 10.6 Å². The molecule has 4 aliphatic rings. The van der Waals surface area contributed by atoms with Gasteiger partial charge in [0.2, 0.25) is 0 Å². The minimum Gasteiger partial charge on any atom is -0.484 e. The molecule has 1 aromatic rings. The van der Waals surface area contributed by atoms with E-state index in [1.165, 1.54) is 23.3 Å². The van der Waals surface area contributed by atoms with Crippen molar-refractivity contribution >= 4 is 5.71 Å². The number of hydrogen-bond donors (Lipinski definition) is 2. The smallest absolute Gasteiger partial charge is 0.422 e. The van der Waals surface area contributed by atoms with E-state index in [1.807, 2.05) is 6.08 Å². The summed E-state index contributed by atoms with van der Waals surface area (Å²) < 4.78 is 73.1. The molecule has 0 aromatic heterocycles. The van der Waals surface area contributed by atoms with Crippen molar-refractivity contribution in [2.75, 3.05) is 6.61 Å². The van der Waals surface area contributed by atoms with E-state index in [0.717, 1.165) is 36.1 Å². The molecular formula is C29H31F5N2O2. The van der Waals surface area contributed by atoms with Crippen molar-refractivity contribution in [1.29, 1.82) is 0 Å². The summed E-state index contributed by atoms with van der Waals surface area (Å²) in [6.07, 6.45) is 6.27. The topological polar surface area (TPSA) is 67.8 Å². The van der Waals surface area contributed by atoms with Crippen molar-refractivity contribution < 1.29 is 31.8 Å². The fourth-order valence-electron chi connectivity index (χ4n) is 7.67. The third-order valence-corrected chi connectivity index (χ3v) is 9.45. The average molecular weight is 535 g/mol. The van der Waals surface area contributed by atoms with Crippen LogP contribution in [0.25, 0.3) is 0 Å². The van der Waals surface area contributed by atoms with Crippen LogP contribution in [0, 0.1) is 29.6 Å². The van der Waals surface area contributed by atoms with E-state index >= 15 is 8.78 Å². The first-order chi connectivity index (χ1) is 17.8. The number of ether oxygens (including phenoxy) is 1. The molecule has 0 radical (unpaired) electrons. The van der Waals surface area contributed by atoms with Crippen LogP contribution >= 0.6 is 0 Å². The van der Waals surface area contributed by atoms with Gasteiger partial charge in [-0.1, -0.05) is 24.6 Å². The number of hydrogen-bond acceptors (Lipinski definition) is 4. The number of benzene rings is 1. The van der Waals surface area contributed by atoms with Crippen molar-refractivity contribution in [3.05, 3.63) is 52.6 Å². The van der Waals surface area contributed by atoms with Crippen molar-refractivity contribution in [1.82, 2.24) is 0 Å². The van der Waals surface area contributed by atoms with Gasteiger partial charge in [0, 0.05) is 11.3 Å². The monoisotopic (exact) mass is 534 g/mol. The number of terminal acetylenes is 1. The van der Waals surface area contributed by atoms with Gasteiger partial charge in [-0.3, -0.25) is 0 Å². The molecule has 0 aliphatic heterocycles. The Bertz CT molecular complexity index is 1240. The number of fused-ring (bicyclic) bond motifs is 4. The normalized spacial score (nSPS) is 34.2. The van der Waals surface area contributed by atoms with Crippen LogP contribution in [0.15, 0.2) is 52.2 Å². The van der Waals surface area contributed by atoms with E-state index in [9.17, 15) is 18.3 Å². The van der Waals surface area contributed by atoms with Gasteiger partial charge < -0.3 is 15.7 Å². The predicted molar refractivity (Wildman–Crippen MR) is 134 cm³/mol. The lowest BCUT2D eigenvalue weighted by Crippen LogP contribution is -2.60.